The Morgan fingerprint density at radius 2 is 1.89 bits per heavy atom. The topological polar surface area (TPSA) is 21.3 Å². The third-order valence-electron chi connectivity index (χ3n) is 3.85. The molecule has 0 aromatic heterocycles. The summed E-state index contributed by atoms with van der Waals surface area (Å²) in [5.74, 6) is -0.814. The van der Waals surface area contributed by atoms with Gasteiger partial charge in [-0.1, -0.05) is 24.6 Å². The van der Waals surface area contributed by atoms with Gasteiger partial charge in [0.15, 0.2) is 0 Å². The van der Waals surface area contributed by atoms with Gasteiger partial charge in [0, 0.05) is 6.54 Å². The van der Waals surface area contributed by atoms with Gasteiger partial charge in [-0.05, 0) is 31.6 Å². The third-order valence-corrected chi connectivity index (χ3v) is 4.17. The van der Waals surface area contributed by atoms with Gasteiger partial charge in [-0.3, -0.25) is 5.32 Å². The van der Waals surface area contributed by atoms with Crippen LogP contribution in [0.2, 0.25) is 0 Å². The number of nitrogens with one attached hydrogen (secondary N) is 1. The van der Waals surface area contributed by atoms with Gasteiger partial charge in [0.25, 0.3) is 0 Å². The molecule has 1 saturated carbocycles. The first kappa shape index (κ1) is 15.1. The normalized spacial score (nSPS) is 37.0. The highest BCUT2D eigenvalue weighted by atomic mass is 35.5. The summed E-state index contributed by atoms with van der Waals surface area (Å²) in [7, 11) is 0. The smallest absolute Gasteiger partial charge is 0.355 e. The van der Waals surface area contributed by atoms with Crippen LogP contribution in [0.3, 0.4) is 0 Å². The summed E-state index contributed by atoms with van der Waals surface area (Å²) in [5, 5.41) is 2.86. The molecule has 2 rings (SSSR count). The summed E-state index contributed by atoms with van der Waals surface area (Å²) in [4.78, 5) is 0. The molecule has 1 aliphatic heterocycles. The second kappa shape index (κ2) is 6.02. The molecule has 1 N–H and O–H groups in total. The van der Waals surface area contributed by atoms with Crippen molar-refractivity contribution in [3.05, 3.63) is 11.1 Å². The largest absolute Gasteiger partial charge is 0.396 e. The van der Waals surface area contributed by atoms with Crippen molar-refractivity contribution in [2.75, 3.05) is 6.54 Å². The minimum atomic E-state index is -4.25. The van der Waals surface area contributed by atoms with E-state index in [2.05, 4.69) is 12.2 Å². The Labute approximate surface area is 116 Å². The van der Waals surface area contributed by atoms with Crippen LogP contribution in [0.4, 0.5) is 13.2 Å². The van der Waals surface area contributed by atoms with Crippen LogP contribution >= 0.6 is 11.6 Å². The highest BCUT2D eigenvalue weighted by Gasteiger charge is 2.41. The summed E-state index contributed by atoms with van der Waals surface area (Å²) in [6.45, 7) is 2.03. The molecular formula is C13H19ClF3NO. The Bertz CT molecular complexity index is 337. The molecule has 1 fully saturated rings. The van der Waals surface area contributed by atoms with Gasteiger partial charge in [0.2, 0.25) is 0 Å². The molecule has 1 aliphatic carbocycles. The number of hydrogen-bond donors (Lipinski definition) is 1. The van der Waals surface area contributed by atoms with E-state index >= 15 is 0 Å². The fourth-order valence-electron chi connectivity index (χ4n) is 2.55. The lowest BCUT2D eigenvalue weighted by atomic mass is 9.89. The molecular weight excluding hydrogens is 279 g/mol. The van der Waals surface area contributed by atoms with Gasteiger partial charge < -0.3 is 4.74 Å². The van der Waals surface area contributed by atoms with Gasteiger partial charge >= 0.3 is 6.18 Å². The Morgan fingerprint density at radius 1 is 1.26 bits per heavy atom. The zero-order valence-corrected chi connectivity index (χ0v) is 11.6. The number of halogens is 4. The van der Waals surface area contributed by atoms with Crippen molar-refractivity contribution in [2.24, 2.45) is 11.8 Å². The van der Waals surface area contributed by atoms with Crippen LogP contribution in [0.15, 0.2) is 11.1 Å². The molecule has 0 aromatic carbocycles. The predicted octanol–water partition coefficient (Wildman–Crippen LogP) is 3.81. The molecule has 110 valence electrons. The van der Waals surface area contributed by atoms with Crippen molar-refractivity contribution in [1.29, 1.82) is 0 Å². The zero-order chi connectivity index (χ0) is 14.0. The number of alkyl halides is 3. The first-order valence-corrected chi connectivity index (χ1v) is 7.07. The van der Waals surface area contributed by atoms with Crippen LogP contribution in [0, 0.1) is 11.8 Å². The lowest BCUT2D eigenvalue weighted by Crippen LogP contribution is -2.45. The number of hydrogen-bond acceptors (Lipinski definition) is 2. The Kier molecular flexibility index (Phi) is 4.79. The Morgan fingerprint density at radius 3 is 2.42 bits per heavy atom. The van der Waals surface area contributed by atoms with Crippen molar-refractivity contribution in [3.8, 4) is 0 Å². The van der Waals surface area contributed by atoms with Gasteiger partial charge in [-0.25, -0.2) is 0 Å². The monoisotopic (exact) mass is 297 g/mol. The van der Waals surface area contributed by atoms with E-state index in [1.807, 2.05) is 0 Å². The van der Waals surface area contributed by atoms with E-state index in [4.69, 9.17) is 16.3 Å². The summed E-state index contributed by atoms with van der Waals surface area (Å²) in [6.07, 6.45) is 0.427. The summed E-state index contributed by atoms with van der Waals surface area (Å²) in [5.41, 5.74) is 0. The number of rotatable bonds is 2. The van der Waals surface area contributed by atoms with Crippen LogP contribution in [-0.4, -0.2) is 25.1 Å². The number of ether oxygens (including phenoxy) is 1. The van der Waals surface area contributed by atoms with E-state index in [1.54, 1.807) is 0 Å². The fourth-order valence-corrected chi connectivity index (χ4v) is 2.83. The Hall–Kier alpha value is -0.260. The molecule has 2 atom stereocenters. The Balaban J connectivity index is 1.89. The molecule has 6 heteroatoms. The average Bonchev–Trinajstić information content (AvgIpc) is 2.33. The highest BCUT2D eigenvalue weighted by molar-refractivity contribution is 6.30. The van der Waals surface area contributed by atoms with Crippen LogP contribution < -0.4 is 5.32 Å². The van der Waals surface area contributed by atoms with Gasteiger partial charge in [0.1, 0.15) is 6.23 Å². The van der Waals surface area contributed by atoms with E-state index in [0.29, 0.717) is 5.92 Å². The van der Waals surface area contributed by atoms with E-state index in [1.165, 1.54) is 0 Å². The first-order chi connectivity index (χ1) is 8.86. The van der Waals surface area contributed by atoms with Crippen LogP contribution in [0.25, 0.3) is 0 Å². The lowest BCUT2D eigenvalue weighted by molar-refractivity contribution is -0.164. The fraction of sp³-hybridized carbons (Fsp3) is 0.846. The quantitative estimate of drug-likeness (QED) is 0.837. The predicted molar refractivity (Wildman–Crippen MR) is 67.8 cm³/mol. The molecule has 0 spiro atoms. The molecule has 2 aliphatic rings. The maximum atomic E-state index is 12.6. The molecule has 0 amide bonds. The second-order valence-electron chi connectivity index (χ2n) is 5.51. The van der Waals surface area contributed by atoms with Crippen LogP contribution in [-0.2, 0) is 4.74 Å². The summed E-state index contributed by atoms with van der Waals surface area (Å²) < 4.78 is 43.5. The van der Waals surface area contributed by atoms with Gasteiger partial charge in [-0.2, -0.15) is 13.2 Å². The van der Waals surface area contributed by atoms with E-state index in [9.17, 15) is 13.2 Å². The van der Waals surface area contributed by atoms with Gasteiger partial charge in [0.05, 0.1) is 17.1 Å². The zero-order valence-electron chi connectivity index (χ0n) is 10.8. The molecule has 0 radical (unpaired) electrons. The molecule has 0 bridgehead atoms. The molecule has 1 heterocycles. The standard InChI is InChI=1S/C13H19ClF3NO/c1-8-2-4-10(5-3-8)19-12-11(14)6-9(7-18-12)13(15,16)17/h6,8-10,12,18H,2-5,7H2,1H3. The van der Waals surface area contributed by atoms with Crippen molar-refractivity contribution in [3.63, 3.8) is 0 Å². The summed E-state index contributed by atoms with van der Waals surface area (Å²) in [6, 6.07) is 0. The van der Waals surface area contributed by atoms with Crippen molar-refractivity contribution < 1.29 is 17.9 Å². The van der Waals surface area contributed by atoms with E-state index < -0.39 is 18.3 Å². The average molecular weight is 298 g/mol. The summed E-state index contributed by atoms with van der Waals surface area (Å²) >= 11 is 5.90. The molecule has 2 nitrogen and oxygen atoms in total. The van der Waals surface area contributed by atoms with Crippen LogP contribution in [0.1, 0.15) is 32.6 Å². The molecule has 2 unspecified atom stereocenters. The van der Waals surface area contributed by atoms with Crippen molar-refractivity contribution >= 4 is 11.6 Å². The van der Waals surface area contributed by atoms with Crippen molar-refractivity contribution in [1.82, 2.24) is 5.32 Å². The highest BCUT2D eigenvalue weighted by Crippen LogP contribution is 2.33. The lowest BCUT2D eigenvalue weighted by Gasteiger charge is -2.33. The minimum absolute atomic E-state index is 0.0956. The maximum Gasteiger partial charge on any atom is 0.396 e. The molecule has 19 heavy (non-hydrogen) atoms. The second-order valence-corrected chi connectivity index (χ2v) is 5.94. The first-order valence-electron chi connectivity index (χ1n) is 6.69. The molecule has 0 aromatic rings. The van der Waals surface area contributed by atoms with E-state index in [-0.39, 0.29) is 17.7 Å². The van der Waals surface area contributed by atoms with Gasteiger partial charge in [-0.15, -0.1) is 0 Å². The minimum Gasteiger partial charge on any atom is -0.355 e. The third kappa shape index (κ3) is 4.10. The maximum absolute atomic E-state index is 12.6. The van der Waals surface area contributed by atoms with Crippen molar-refractivity contribution in [2.45, 2.75) is 51.1 Å². The van der Waals surface area contributed by atoms with E-state index in [0.717, 1.165) is 31.8 Å². The molecule has 0 saturated heterocycles. The SMILES string of the molecule is CC1CCC(OC2NCC(C(F)(F)F)C=C2Cl)CC1. The van der Waals surface area contributed by atoms with Crippen LogP contribution in [0.5, 0.6) is 0 Å².